The zero-order valence-corrected chi connectivity index (χ0v) is 12.9. The Morgan fingerprint density at radius 3 is 2.77 bits per heavy atom. The molecule has 0 bridgehead atoms. The summed E-state index contributed by atoms with van der Waals surface area (Å²) in [7, 11) is -3.52. The van der Waals surface area contributed by atoms with Crippen molar-refractivity contribution in [3.63, 3.8) is 0 Å². The molecule has 0 aliphatic carbocycles. The van der Waals surface area contributed by atoms with Gasteiger partial charge in [-0.15, -0.1) is 0 Å². The van der Waals surface area contributed by atoms with Crippen LogP contribution in [0.3, 0.4) is 0 Å². The van der Waals surface area contributed by atoms with Crippen LogP contribution in [0, 0.1) is 0 Å². The Morgan fingerprint density at radius 1 is 1.36 bits per heavy atom. The highest BCUT2D eigenvalue weighted by molar-refractivity contribution is 7.88. The summed E-state index contributed by atoms with van der Waals surface area (Å²) in [5.41, 5.74) is 0.841. The van der Waals surface area contributed by atoms with E-state index < -0.39 is 10.0 Å². The molecule has 2 aromatic rings. The zero-order valence-electron chi connectivity index (χ0n) is 12.1. The van der Waals surface area contributed by atoms with Crippen LogP contribution in [0.5, 0.6) is 0 Å². The lowest BCUT2D eigenvalue weighted by molar-refractivity contribution is -0.121. The van der Waals surface area contributed by atoms with Crippen LogP contribution >= 0.6 is 0 Å². The molecule has 1 N–H and O–H groups in total. The fourth-order valence-electron chi connectivity index (χ4n) is 1.79. The van der Waals surface area contributed by atoms with Gasteiger partial charge < -0.3 is 9.73 Å². The predicted molar refractivity (Wildman–Crippen MR) is 80.0 cm³/mol. The molecule has 0 aliphatic heterocycles. The number of carbonyl (C=O) groups excluding carboxylic acids is 1. The second-order valence-corrected chi connectivity index (χ2v) is 6.73. The minimum Gasteiger partial charge on any atom is -0.468 e. The lowest BCUT2D eigenvalue weighted by Gasteiger charge is -2.18. The molecule has 2 aromatic heterocycles. The monoisotopic (exact) mass is 323 g/mol. The van der Waals surface area contributed by atoms with Crippen molar-refractivity contribution in [1.29, 1.82) is 0 Å². The van der Waals surface area contributed by atoms with Gasteiger partial charge >= 0.3 is 0 Å². The number of hydrogen-bond acceptors (Lipinski definition) is 5. The lowest BCUT2D eigenvalue weighted by Crippen LogP contribution is -2.39. The topological polar surface area (TPSA) is 92.5 Å². The number of hydrogen-bond donors (Lipinski definition) is 1. The van der Waals surface area contributed by atoms with E-state index in [0.29, 0.717) is 12.3 Å². The molecule has 22 heavy (non-hydrogen) atoms. The maximum Gasteiger partial charge on any atom is 0.235 e. The number of pyridine rings is 1. The van der Waals surface area contributed by atoms with E-state index in [-0.39, 0.29) is 19.0 Å². The first-order valence-corrected chi connectivity index (χ1v) is 8.43. The smallest absolute Gasteiger partial charge is 0.235 e. The van der Waals surface area contributed by atoms with Gasteiger partial charge in [-0.2, -0.15) is 4.31 Å². The average molecular weight is 323 g/mol. The van der Waals surface area contributed by atoms with Crippen LogP contribution in [0.4, 0.5) is 0 Å². The molecule has 0 fully saturated rings. The summed E-state index contributed by atoms with van der Waals surface area (Å²) in [6.07, 6.45) is 5.79. The lowest BCUT2D eigenvalue weighted by atomic mass is 10.3. The highest BCUT2D eigenvalue weighted by Gasteiger charge is 2.21. The van der Waals surface area contributed by atoms with E-state index >= 15 is 0 Å². The van der Waals surface area contributed by atoms with E-state index in [0.717, 1.165) is 16.1 Å². The van der Waals surface area contributed by atoms with Gasteiger partial charge in [-0.25, -0.2) is 8.42 Å². The van der Waals surface area contributed by atoms with Crippen molar-refractivity contribution in [2.24, 2.45) is 0 Å². The third kappa shape index (κ3) is 4.97. The SMILES string of the molecule is CS(=O)(=O)N(CC(=O)NCc1cccnc1)Cc1ccco1. The maximum absolute atomic E-state index is 11.9. The summed E-state index contributed by atoms with van der Waals surface area (Å²) in [6.45, 7) is 0.0525. The summed E-state index contributed by atoms with van der Waals surface area (Å²) >= 11 is 0. The number of nitrogens with one attached hydrogen (secondary N) is 1. The summed E-state index contributed by atoms with van der Waals surface area (Å²) in [5.74, 6) is 0.0892. The van der Waals surface area contributed by atoms with E-state index in [2.05, 4.69) is 10.3 Å². The molecule has 0 saturated heterocycles. The molecule has 2 rings (SSSR count). The Morgan fingerprint density at radius 2 is 2.18 bits per heavy atom. The second kappa shape index (κ2) is 7.19. The number of aromatic nitrogens is 1. The van der Waals surface area contributed by atoms with Crippen molar-refractivity contribution >= 4 is 15.9 Å². The Bertz CT molecular complexity index is 699. The standard InChI is InChI=1S/C14H17N3O4S/c1-22(19,20)17(10-13-5-3-7-21-13)11-14(18)16-9-12-4-2-6-15-8-12/h2-8H,9-11H2,1H3,(H,16,18). The van der Waals surface area contributed by atoms with E-state index in [1.165, 1.54) is 6.26 Å². The van der Waals surface area contributed by atoms with E-state index in [1.54, 1.807) is 30.6 Å². The van der Waals surface area contributed by atoms with Gasteiger partial charge in [-0.05, 0) is 23.8 Å². The van der Waals surface area contributed by atoms with Crippen LogP contribution in [-0.2, 0) is 27.9 Å². The quantitative estimate of drug-likeness (QED) is 0.812. The second-order valence-electron chi connectivity index (χ2n) is 4.75. The van der Waals surface area contributed by atoms with E-state index in [9.17, 15) is 13.2 Å². The van der Waals surface area contributed by atoms with Crippen molar-refractivity contribution in [3.8, 4) is 0 Å². The normalized spacial score (nSPS) is 11.5. The molecule has 0 atom stereocenters. The van der Waals surface area contributed by atoms with Gasteiger partial charge in [-0.3, -0.25) is 9.78 Å². The highest BCUT2D eigenvalue weighted by Crippen LogP contribution is 2.08. The first-order chi connectivity index (χ1) is 10.4. The number of carbonyl (C=O) groups is 1. The zero-order chi connectivity index (χ0) is 16.0. The van der Waals surface area contributed by atoms with Crippen molar-refractivity contribution < 1.29 is 17.6 Å². The molecule has 8 heteroatoms. The van der Waals surface area contributed by atoms with Crippen molar-refractivity contribution in [2.45, 2.75) is 13.1 Å². The minimum atomic E-state index is -3.52. The summed E-state index contributed by atoms with van der Waals surface area (Å²) < 4.78 is 29.7. The van der Waals surface area contributed by atoms with E-state index in [1.807, 2.05) is 6.07 Å². The van der Waals surface area contributed by atoms with Crippen LogP contribution < -0.4 is 5.32 Å². The number of amides is 1. The van der Waals surface area contributed by atoms with Gasteiger partial charge in [-0.1, -0.05) is 6.07 Å². The largest absolute Gasteiger partial charge is 0.468 e. The van der Waals surface area contributed by atoms with Crippen LogP contribution in [0.1, 0.15) is 11.3 Å². The Balaban J connectivity index is 1.93. The first-order valence-electron chi connectivity index (χ1n) is 6.58. The third-order valence-electron chi connectivity index (χ3n) is 2.91. The summed E-state index contributed by atoms with van der Waals surface area (Å²) in [6, 6.07) is 6.91. The minimum absolute atomic E-state index is 0.0200. The van der Waals surface area contributed by atoms with Crippen LogP contribution in [0.2, 0.25) is 0 Å². The molecule has 0 aromatic carbocycles. The highest BCUT2D eigenvalue weighted by atomic mass is 32.2. The molecule has 0 spiro atoms. The van der Waals surface area contributed by atoms with Gasteiger partial charge in [0.25, 0.3) is 0 Å². The predicted octanol–water partition coefficient (Wildman–Crippen LogP) is 0.753. The molecule has 7 nitrogen and oxygen atoms in total. The number of sulfonamides is 1. The molecular weight excluding hydrogens is 306 g/mol. The molecule has 2 heterocycles. The maximum atomic E-state index is 11.9. The molecule has 1 amide bonds. The van der Waals surface area contributed by atoms with E-state index in [4.69, 9.17) is 4.42 Å². The number of nitrogens with zero attached hydrogens (tertiary/aromatic N) is 2. The molecule has 0 unspecified atom stereocenters. The Kier molecular flexibility index (Phi) is 5.29. The van der Waals surface area contributed by atoms with Gasteiger partial charge in [0.05, 0.1) is 25.6 Å². The molecule has 0 radical (unpaired) electrons. The fraction of sp³-hybridized carbons (Fsp3) is 0.286. The van der Waals surface area contributed by atoms with Crippen molar-refractivity contribution in [1.82, 2.24) is 14.6 Å². The Labute approximate surface area is 129 Å². The van der Waals surface area contributed by atoms with Gasteiger partial charge in [0.15, 0.2) is 0 Å². The van der Waals surface area contributed by atoms with Gasteiger partial charge in [0, 0.05) is 18.9 Å². The van der Waals surface area contributed by atoms with Crippen LogP contribution in [0.15, 0.2) is 47.3 Å². The van der Waals surface area contributed by atoms with Crippen LogP contribution in [-0.4, -0.2) is 36.4 Å². The summed E-state index contributed by atoms with van der Waals surface area (Å²) in [5, 5.41) is 2.67. The summed E-state index contributed by atoms with van der Waals surface area (Å²) in [4.78, 5) is 15.9. The Hall–Kier alpha value is -2.19. The van der Waals surface area contributed by atoms with Crippen molar-refractivity contribution in [2.75, 3.05) is 12.8 Å². The molecule has 118 valence electrons. The third-order valence-corrected chi connectivity index (χ3v) is 4.11. The van der Waals surface area contributed by atoms with Gasteiger partial charge in [0.2, 0.25) is 15.9 Å². The van der Waals surface area contributed by atoms with Gasteiger partial charge in [0.1, 0.15) is 5.76 Å². The molecule has 0 saturated carbocycles. The van der Waals surface area contributed by atoms with Crippen LogP contribution in [0.25, 0.3) is 0 Å². The average Bonchev–Trinajstić information content (AvgIpc) is 2.98. The number of rotatable bonds is 7. The fourth-order valence-corrected chi connectivity index (χ4v) is 2.50. The molecular formula is C14H17N3O4S. The number of furan rings is 1. The van der Waals surface area contributed by atoms with Crippen molar-refractivity contribution in [3.05, 3.63) is 54.2 Å². The molecule has 0 aliphatic rings. The first kappa shape index (κ1) is 16.2.